The minimum atomic E-state index is -0.304. The molecule has 0 unspecified atom stereocenters. The molecule has 0 amide bonds. The minimum absolute atomic E-state index is 0.278. The first-order chi connectivity index (χ1) is 9.36. The molecule has 0 atom stereocenters. The topological polar surface area (TPSA) is 36.9 Å². The molecule has 0 aromatic rings. The van der Waals surface area contributed by atoms with Crippen molar-refractivity contribution in [2.45, 2.75) is 97.9 Å². The molecular formula is C15H32B2O4. The third kappa shape index (κ3) is 3.66. The number of hydrogen-bond acceptors (Lipinski definition) is 4. The van der Waals surface area contributed by atoms with Crippen LogP contribution in [0.5, 0.6) is 0 Å². The summed E-state index contributed by atoms with van der Waals surface area (Å²) in [5, 5.41) is 0. The van der Waals surface area contributed by atoms with Crippen LogP contribution in [0.25, 0.3) is 0 Å². The van der Waals surface area contributed by atoms with E-state index < -0.39 is 0 Å². The molecule has 2 saturated heterocycles. The van der Waals surface area contributed by atoms with Gasteiger partial charge in [-0.05, 0) is 55.4 Å². The summed E-state index contributed by atoms with van der Waals surface area (Å²) < 4.78 is 23.9. The maximum Gasteiger partial charge on any atom is 0.455 e. The summed E-state index contributed by atoms with van der Waals surface area (Å²) in [5.41, 5.74) is -1.22. The van der Waals surface area contributed by atoms with Crippen LogP contribution in [0, 0.1) is 0 Å². The molecule has 2 aliphatic rings. The van der Waals surface area contributed by atoms with E-state index >= 15 is 0 Å². The van der Waals surface area contributed by atoms with Gasteiger partial charge in [0.05, 0.1) is 22.4 Å². The Hall–Kier alpha value is -0.0301. The summed E-state index contributed by atoms with van der Waals surface area (Å²) in [5.74, 6) is 0. The Morgan fingerprint density at radius 2 is 0.714 bits per heavy atom. The minimum Gasteiger partial charge on any atom is -0.404 e. The summed E-state index contributed by atoms with van der Waals surface area (Å²) in [6.45, 7) is 20.4. The van der Waals surface area contributed by atoms with Crippen molar-refractivity contribution in [1.82, 2.24) is 0 Å². The van der Waals surface area contributed by atoms with E-state index in [2.05, 4.69) is 55.4 Å². The molecule has 122 valence electrons. The Morgan fingerprint density at radius 3 is 0.905 bits per heavy atom. The van der Waals surface area contributed by atoms with Gasteiger partial charge in [-0.25, -0.2) is 0 Å². The highest BCUT2D eigenvalue weighted by atomic mass is 16.7. The molecule has 0 aromatic carbocycles. The van der Waals surface area contributed by atoms with Gasteiger partial charge in [0, 0.05) is 6.22 Å². The summed E-state index contributed by atoms with van der Waals surface area (Å²) >= 11 is 0. The molecule has 0 N–H and O–H groups in total. The van der Waals surface area contributed by atoms with Gasteiger partial charge < -0.3 is 18.6 Å². The Kier molecular flexibility index (Phi) is 5.32. The first-order valence-corrected chi connectivity index (χ1v) is 8.08. The van der Waals surface area contributed by atoms with Crippen molar-refractivity contribution in [2.24, 2.45) is 0 Å². The van der Waals surface area contributed by atoms with Gasteiger partial charge in [-0.2, -0.15) is 0 Å². The zero-order valence-electron chi connectivity index (χ0n) is 15.5. The van der Waals surface area contributed by atoms with Crippen molar-refractivity contribution >= 4 is 14.2 Å². The predicted octanol–water partition coefficient (Wildman–Crippen LogP) is 3.74. The first-order valence-electron chi connectivity index (χ1n) is 8.08. The maximum atomic E-state index is 5.98. The van der Waals surface area contributed by atoms with Gasteiger partial charge >= 0.3 is 14.2 Å². The van der Waals surface area contributed by atoms with E-state index in [0.717, 1.165) is 0 Å². The third-order valence-electron chi connectivity index (χ3n) is 4.99. The van der Waals surface area contributed by atoms with Gasteiger partial charge in [-0.15, -0.1) is 0 Å². The van der Waals surface area contributed by atoms with Crippen LogP contribution in [-0.4, -0.2) is 36.6 Å². The second kappa shape index (κ2) is 5.88. The van der Waals surface area contributed by atoms with E-state index in [0.29, 0.717) is 6.22 Å². The van der Waals surface area contributed by atoms with Crippen molar-refractivity contribution in [3.63, 3.8) is 0 Å². The van der Waals surface area contributed by atoms with E-state index in [9.17, 15) is 0 Å². The molecule has 2 rings (SSSR count). The molecule has 0 saturated carbocycles. The molecule has 21 heavy (non-hydrogen) atoms. The Bertz CT molecular complexity index is 301. The smallest absolute Gasteiger partial charge is 0.404 e. The van der Waals surface area contributed by atoms with Crippen LogP contribution in [0.15, 0.2) is 0 Å². The SMILES string of the molecule is CC.CC1(C)OB(CB2OC(C)(C)C(C)(C)O2)OC1(C)C. The first kappa shape index (κ1) is 19.0. The molecule has 2 heterocycles. The Morgan fingerprint density at radius 1 is 0.524 bits per heavy atom. The standard InChI is InChI=1S/C13H26B2O4.C2H6/c1-10(2)11(3,4)17-14(16-10)9-15-18-12(5,6)13(7,8)19-15;1-2/h9H2,1-8H3;1-2H3. The van der Waals surface area contributed by atoms with Crippen molar-refractivity contribution in [3.05, 3.63) is 0 Å². The van der Waals surface area contributed by atoms with E-state index in [4.69, 9.17) is 18.6 Å². The molecule has 0 aliphatic carbocycles. The highest BCUT2D eigenvalue weighted by Crippen LogP contribution is 2.41. The molecule has 2 fully saturated rings. The van der Waals surface area contributed by atoms with Crippen LogP contribution in [-0.2, 0) is 18.6 Å². The van der Waals surface area contributed by atoms with Crippen molar-refractivity contribution < 1.29 is 18.6 Å². The lowest BCUT2D eigenvalue weighted by molar-refractivity contribution is 0.00578. The van der Waals surface area contributed by atoms with Crippen LogP contribution in [0.1, 0.15) is 69.2 Å². The van der Waals surface area contributed by atoms with Gasteiger partial charge in [0.15, 0.2) is 0 Å². The Labute approximate surface area is 131 Å². The molecule has 0 radical (unpaired) electrons. The molecular weight excluding hydrogens is 266 g/mol. The second-order valence-corrected chi connectivity index (χ2v) is 7.61. The zero-order valence-corrected chi connectivity index (χ0v) is 15.5. The molecule has 0 spiro atoms. The number of rotatable bonds is 2. The highest BCUT2D eigenvalue weighted by Gasteiger charge is 2.56. The zero-order chi connectivity index (χ0) is 16.7. The lowest BCUT2D eigenvalue weighted by Gasteiger charge is -2.32. The normalized spacial score (nSPS) is 28.3. The monoisotopic (exact) mass is 298 g/mol. The van der Waals surface area contributed by atoms with Gasteiger partial charge in [0.2, 0.25) is 0 Å². The van der Waals surface area contributed by atoms with E-state index in [-0.39, 0.29) is 36.6 Å². The third-order valence-corrected chi connectivity index (χ3v) is 4.99. The van der Waals surface area contributed by atoms with Crippen LogP contribution < -0.4 is 0 Å². The summed E-state index contributed by atoms with van der Waals surface area (Å²) in [6.07, 6.45) is 0.597. The number of hydrogen-bond donors (Lipinski definition) is 0. The molecule has 6 heteroatoms. The highest BCUT2D eigenvalue weighted by molar-refractivity contribution is 6.65. The quantitative estimate of drug-likeness (QED) is 0.728. The van der Waals surface area contributed by atoms with Crippen molar-refractivity contribution in [3.8, 4) is 0 Å². The predicted molar refractivity (Wildman–Crippen MR) is 88.3 cm³/mol. The van der Waals surface area contributed by atoms with Crippen LogP contribution in [0.2, 0.25) is 6.22 Å². The fraction of sp³-hybridized carbons (Fsp3) is 1.00. The van der Waals surface area contributed by atoms with Crippen LogP contribution in [0.3, 0.4) is 0 Å². The van der Waals surface area contributed by atoms with Crippen molar-refractivity contribution in [1.29, 1.82) is 0 Å². The van der Waals surface area contributed by atoms with Gasteiger partial charge in [-0.1, -0.05) is 13.8 Å². The molecule has 0 aromatic heterocycles. The van der Waals surface area contributed by atoms with Crippen LogP contribution >= 0.6 is 0 Å². The molecule has 4 nitrogen and oxygen atoms in total. The van der Waals surface area contributed by atoms with E-state index in [1.54, 1.807) is 0 Å². The lowest BCUT2D eigenvalue weighted by Crippen LogP contribution is -2.41. The maximum absolute atomic E-state index is 5.98. The summed E-state index contributed by atoms with van der Waals surface area (Å²) in [6, 6.07) is 0. The van der Waals surface area contributed by atoms with Crippen LogP contribution in [0.4, 0.5) is 0 Å². The molecule has 2 aliphatic heterocycles. The average molecular weight is 298 g/mol. The van der Waals surface area contributed by atoms with Crippen molar-refractivity contribution in [2.75, 3.05) is 0 Å². The fourth-order valence-corrected chi connectivity index (χ4v) is 2.28. The molecule has 0 bridgehead atoms. The largest absolute Gasteiger partial charge is 0.455 e. The van der Waals surface area contributed by atoms with Gasteiger partial charge in [-0.3, -0.25) is 0 Å². The average Bonchev–Trinajstić information content (AvgIpc) is 2.59. The summed E-state index contributed by atoms with van der Waals surface area (Å²) in [7, 11) is -0.556. The van der Waals surface area contributed by atoms with E-state index in [1.165, 1.54) is 0 Å². The Balaban J connectivity index is 0.00000106. The van der Waals surface area contributed by atoms with Gasteiger partial charge in [0.25, 0.3) is 0 Å². The summed E-state index contributed by atoms with van der Waals surface area (Å²) in [4.78, 5) is 0. The van der Waals surface area contributed by atoms with Gasteiger partial charge in [0.1, 0.15) is 0 Å². The lowest BCUT2D eigenvalue weighted by atomic mass is 9.64. The fourth-order valence-electron chi connectivity index (χ4n) is 2.28. The second-order valence-electron chi connectivity index (χ2n) is 7.61. The van der Waals surface area contributed by atoms with E-state index in [1.807, 2.05) is 13.8 Å².